The average molecular weight is 275 g/mol. The Morgan fingerprint density at radius 1 is 1.11 bits per heavy atom. The molecule has 0 radical (unpaired) electrons. The lowest BCUT2D eigenvalue weighted by molar-refractivity contribution is 0.903. The number of benzene rings is 2. The van der Waals surface area contributed by atoms with Crippen LogP contribution in [0.5, 0.6) is 0 Å². The van der Waals surface area contributed by atoms with Gasteiger partial charge in [0.2, 0.25) is 0 Å². The van der Waals surface area contributed by atoms with Crippen molar-refractivity contribution < 1.29 is 0 Å². The summed E-state index contributed by atoms with van der Waals surface area (Å²) in [6, 6.07) is 14.3. The number of hydrogen-bond acceptors (Lipinski definition) is 2. The summed E-state index contributed by atoms with van der Waals surface area (Å²) in [7, 11) is 2.06. The fourth-order valence-electron chi connectivity index (χ4n) is 2.22. The van der Waals surface area contributed by atoms with Crippen LogP contribution in [0.2, 0.25) is 5.02 Å². The number of nitrogens with two attached hydrogens (primary N) is 1. The van der Waals surface area contributed by atoms with E-state index in [0.717, 1.165) is 28.4 Å². The Morgan fingerprint density at radius 2 is 1.84 bits per heavy atom. The van der Waals surface area contributed by atoms with E-state index in [1.807, 2.05) is 18.2 Å². The molecule has 0 bridgehead atoms. The maximum Gasteiger partial charge on any atom is 0.0455 e. The van der Waals surface area contributed by atoms with E-state index in [0.29, 0.717) is 6.54 Å². The molecule has 2 rings (SSSR count). The monoisotopic (exact) mass is 274 g/mol. The topological polar surface area (TPSA) is 29.3 Å². The Labute approximate surface area is 119 Å². The van der Waals surface area contributed by atoms with Gasteiger partial charge in [0.15, 0.2) is 0 Å². The summed E-state index contributed by atoms with van der Waals surface area (Å²) in [5.41, 5.74) is 10.5. The van der Waals surface area contributed by atoms with Crippen molar-refractivity contribution in [3.05, 3.63) is 64.2 Å². The van der Waals surface area contributed by atoms with Crippen LogP contribution < -0.4 is 10.6 Å². The van der Waals surface area contributed by atoms with Gasteiger partial charge in [-0.15, -0.1) is 0 Å². The predicted molar refractivity (Wildman–Crippen MR) is 82.6 cm³/mol. The number of rotatable bonds is 4. The summed E-state index contributed by atoms with van der Waals surface area (Å²) in [5.74, 6) is 0. The zero-order chi connectivity index (χ0) is 13.8. The number of nitrogens with zero attached hydrogens (tertiary/aromatic N) is 1. The Morgan fingerprint density at radius 3 is 2.53 bits per heavy atom. The van der Waals surface area contributed by atoms with Gasteiger partial charge in [0.25, 0.3) is 0 Å². The van der Waals surface area contributed by atoms with Crippen LogP contribution in [0, 0.1) is 6.92 Å². The molecule has 0 saturated carbocycles. The Bertz CT molecular complexity index is 566. The molecule has 0 atom stereocenters. The Balaban J connectivity index is 2.25. The normalized spacial score (nSPS) is 10.5. The lowest BCUT2D eigenvalue weighted by Gasteiger charge is -2.23. The molecule has 100 valence electrons. The SMILES string of the molecule is Cc1ccc(N(C)Cc2ccccc2Cl)c(CN)c1. The highest BCUT2D eigenvalue weighted by Crippen LogP contribution is 2.24. The van der Waals surface area contributed by atoms with E-state index in [1.165, 1.54) is 5.56 Å². The predicted octanol–water partition coefficient (Wildman–Crippen LogP) is 3.74. The van der Waals surface area contributed by atoms with Crippen LogP contribution in [0.4, 0.5) is 5.69 Å². The maximum absolute atomic E-state index is 6.20. The summed E-state index contributed by atoms with van der Waals surface area (Å²) in [6.07, 6.45) is 0. The van der Waals surface area contributed by atoms with Crippen molar-refractivity contribution in [2.75, 3.05) is 11.9 Å². The van der Waals surface area contributed by atoms with Crippen LogP contribution in [0.1, 0.15) is 16.7 Å². The summed E-state index contributed by atoms with van der Waals surface area (Å²) in [4.78, 5) is 2.18. The molecule has 3 heteroatoms. The van der Waals surface area contributed by atoms with Crippen LogP contribution in [0.15, 0.2) is 42.5 Å². The van der Waals surface area contributed by atoms with E-state index in [2.05, 4.69) is 43.1 Å². The molecule has 19 heavy (non-hydrogen) atoms. The summed E-state index contributed by atoms with van der Waals surface area (Å²) >= 11 is 6.20. The second kappa shape index (κ2) is 6.09. The van der Waals surface area contributed by atoms with Crippen molar-refractivity contribution >= 4 is 17.3 Å². The van der Waals surface area contributed by atoms with Gasteiger partial charge in [-0.25, -0.2) is 0 Å². The molecule has 0 aromatic heterocycles. The first-order valence-electron chi connectivity index (χ1n) is 6.36. The van der Waals surface area contributed by atoms with Gasteiger partial charge in [0.05, 0.1) is 0 Å². The zero-order valence-electron chi connectivity index (χ0n) is 11.4. The van der Waals surface area contributed by atoms with E-state index in [4.69, 9.17) is 17.3 Å². The maximum atomic E-state index is 6.20. The van der Waals surface area contributed by atoms with Crippen molar-refractivity contribution in [2.45, 2.75) is 20.0 Å². The van der Waals surface area contributed by atoms with Crippen LogP contribution in [0.3, 0.4) is 0 Å². The highest BCUT2D eigenvalue weighted by Gasteiger charge is 2.09. The minimum Gasteiger partial charge on any atom is -0.370 e. The quantitative estimate of drug-likeness (QED) is 0.920. The molecule has 2 N–H and O–H groups in total. The first-order valence-corrected chi connectivity index (χ1v) is 6.73. The first kappa shape index (κ1) is 13.9. The van der Waals surface area contributed by atoms with Crippen molar-refractivity contribution in [1.29, 1.82) is 0 Å². The highest BCUT2D eigenvalue weighted by atomic mass is 35.5. The van der Waals surface area contributed by atoms with E-state index in [1.54, 1.807) is 0 Å². The zero-order valence-corrected chi connectivity index (χ0v) is 12.1. The lowest BCUT2D eigenvalue weighted by Crippen LogP contribution is -2.19. The smallest absolute Gasteiger partial charge is 0.0455 e. The molecular formula is C16H19ClN2. The molecule has 2 aromatic carbocycles. The van der Waals surface area contributed by atoms with E-state index < -0.39 is 0 Å². The third kappa shape index (κ3) is 3.28. The lowest BCUT2D eigenvalue weighted by atomic mass is 10.1. The van der Waals surface area contributed by atoms with Gasteiger partial charge in [0, 0.05) is 30.8 Å². The molecule has 2 aromatic rings. The van der Waals surface area contributed by atoms with Crippen LogP contribution >= 0.6 is 11.6 Å². The van der Waals surface area contributed by atoms with Gasteiger partial charge in [0.1, 0.15) is 0 Å². The van der Waals surface area contributed by atoms with Crippen LogP contribution in [0.25, 0.3) is 0 Å². The van der Waals surface area contributed by atoms with Gasteiger partial charge in [-0.05, 0) is 30.2 Å². The fourth-order valence-corrected chi connectivity index (χ4v) is 2.41. The number of halogens is 1. The number of anilines is 1. The molecule has 2 nitrogen and oxygen atoms in total. The van der Waals surface area contributed by atoms with E-state index in [-0.39, 0.29) is 0 Å². The van der Waals surface area contributed by atoms with E-state index >= 15 is 0 Å². The fraction of sp³-hybridized carbons (Fsp3) is 0.250. The van der Waals surface area contributed by atoms with Gasteiger partial charge in [-0.3, -0.25) is 0 Å². The molecule has 0 fully saturated rings. The van der Waals surface area contributed by atoms with Crippen molar-refractivity contribution in [3.63, 3.8) is 0 Å². The second-order valence-corrected chi connectivity index (χ2v) is 5.19. The average Bonchev–Trinajstić information content (AvgIpc) is 2.41. The van der Waals surface area contributed by atoms with Gasteiger partial charge >= 0.3 is 0 Å². The summed E-state index contributed by atoms with van der Waals surface area (Å²) < 4.78 is 0. The molecule has 0 unspecified atom stereocenters. The highest BCUT2D eigenvalue weighted by molar-refractivity contribution is 6.31. The summed E-state index contributed by atoms with van der Waals surface area (Å²) in [5, 5.41) is 0.802. The molecule has 0 aliphatic carbocycles. The largest absolute Gasteiger partial charge is 0.370 e. The molecule has 0 spiro atoms. The molecule has 0 aliphatic heterocycles. The molecule has 0 aliphatic rings. The molecule has 0 saturated heterocycles. The summed E-state index contributed by atoms with van der Waals surface area (Å²) in [6.45, 7) is 3.40. The van der Waals surface area contributed by atoms with Crippen molar-refractivity contribution in [1.82, 2.24) is 0 Å². The molecule has 0 amide bonds. The van der Waals surface area contributed by atoms with Crippen LogP contribution in [-0.2, 0) is 13.1 Å². The standard InChI is InChI=1S/C16H19ClN2/c1-12-7-8-16(14(9-12)10-18)19(2)11-13-5-3-4-6-15(13)17/h3-9H,10-11,18H2,1-2H3. The van der Waals surface area contributed by atoms with Gasteiger partial charge < -0.3 is 10.6 Å². The Hall–Kier alpha value is -1.51. The number of aryl methyl sites for hydroxylation is 1. The third-order valence-electron chi connectivity index (χ3n) is 3.23. The molecule has 0 heterocycles. The van der Waals surface area contributed by atoms with Crippen molar-refractivity contribution in [3.8, 4) is 0 Å². The second-order valence-electron chi connectivity index (χ2n) is 4.78. The Kier molecular flexibility index (Phi) is 4.46. The minimum absolute atomic E-state index is 0.546. The van der Waals surface area contributed by atoms with Crippen LogP contribution in [-0.4, -0.2) is 7.05 Å². The van der Waals surface area contributed by atoms with E-state index in [9.17, 15) is 0 Å². The van der Waals surface area contributed by atoms with Crippen molar-refractivity contribution in [2.24, 2.45) is 5.73 Å². The van der Waals surface area contributed by atoms with Gasteiger partial charge in [-0.2, -0.15) is 0 Å². The van der Waals surface area contributed by atoms with Gasteiger partial charge in [-0.1, -0.05) is 47.5 Å². The minimum atomic E-state index is 0.546. The number of hydrogen-bond donors (Lipinski definition) is 1. The first-order chi connectivity index (χ1) is 9.11. The molecular weight excluding hydrogens is 256 g/mol. The third-order valence-corrected chi connectivity index (χ3v) is 3.60.